The largest absolute Gasteiger partial charge is 0.391 e. The number of aliphatic hydroxyl groups is 1. The van der Waals surface area contributed by atoms with Gasteiger partial charge < -0.3 is 9.67 Å². The lowest BCUT2D eigenvalue weighted by Crippen LogP contribution is -2.52. The summed E-state index contributed by atoms with van der Waals surface area (Å²) >= 11 is 1.50. The fourth-order valence-electron chi connectivity index (χ4n) is 4.76. The van der Waals surface area contributed by atoms with Crippen LogP contribution in [0.1, 0.15) is 24.1 Å². The maximum Gasteiger partial charge on any atom is 0.164 e. The van der Waals surface area contributed by atoms with E-state index >= 15 is 0 Å². The molecule has 0 spiro atoms. The third-order valence-corrected chi connectivity index (χ3v) is 8.01. The smallest absolute Gasteiger partial charge is 0.164 e. The maximum absolute atomic E-state index is 13.6. The van der Waals surface area contributed by atoms with Gasteiger partial charge in [-0.15, -0.1) is 0 Å². The lowest BCUT2D eigenvalue weighted by molar-refractivity contribution is 0.0555. The van der Waals surface area contributed by atoms with Crippen molar-refractivity contribution in [2.45, 2.75) is 29.5 Å². The van der Waals surface area contributed by atoms with E-state index in [4.69, 9.17) is 0 Å². The minimum absolute atomic E-state index is 0.124. The minimum Gasteiger partial charge on any atom is -0.391 e. The molecule has 5 rings (SSSR count). The number of rotatable bonds is 7. The SMILES string of the molecule is CC(O)C(Sc1ncnc2c1ncn2C)N1CCN(C(c2ccc(F)cc2)c2ccc(F)cc2)CC1. The van der Waals surface area contributed by atoms with Crippen molar-refractivity contribution < 1.29 is 13.9 Å². The van der Waals surface area contributed by atoms with E-state index in [1.807, 2.05) is 11.6 Å². The Bertz CT molecular complexity index is 1260. The van der Waals surface area contributed by atoms with Gasteiger partial charge in [-0.05, 0) is 42.3 Å². The highest BCUT2D eigenvalue weighted by atomic mass is 32.2. The van der Waals surface area contributed by atoms with Gasteiger partial charge in [0.25, 0.3) is 0 Å². The second-order valence-electron chi connectivity index (χ2n) is 9.03. The number of thioether (sulfide) groups is 1. The van der Waals surface area contributed by atoms with Crippen LogP contribution in [-0.2, 0) is 7.05 Å². The van der Waals surface area contributed by atoms with Crippen LogP contribution in [0, 0.1) is 11.6 Å². The van der Waals surface area contributed by atoms with E-state index in [0.717, 1.165) is 53.5 Å². The number of benzene rings is 2. The van der Waals surface area contributed by atoms with Crippen LogP contribution in [-0.4, -0.2) is 72.1 Å². The molecular formula is C26H28F2N6OS. The number of imidazole rings is 1. The molecule has 1 aliphatic rings. The molecule has 2 unspecified atom stereocenters. The van der Waals surface area contributed by atoms with Crippen molar-refractivity contribution in [2.75, 3.05) is 26.2 Å². The lowest BCUT2D eigenvalue weighted by Gasteiger charge is -2.43. The maximum atomic E-state index is 13.6. The van der Waals surface area contributed by atoms with E-state index in [0.29, 0.717) is 0 Å². The van der Waals surface area contributed by atoms with Crippen molar-refractivity contribution in [3.63, 3.8) is 0 Å². The first-order valence-electron chi connectivity index (χ1n) is 11.9. The summed E-state index contributed by atoms with van der Waals surface area (Å²) in [5.74, 6) is -0.574. The van der Waals surface area contributed by atoms with Crippen LogP contribution in [0.15, 0.2) is 66.2 Å². The second-order valence-corrected chi connectivity index (χ2v) is 10.1. The number of halogens is 2. The van der Waals surface area contributed by atoms with Crippen LogP contribution in [0.3, 0.4) is 0 Å². The summed E-state index contributed by atoms with van der Waals surface area (Å²) in [6.45, 7) is 4.69. The first kappa shape index (κ1) is 24.8. The molecule has 1 N–H and O–H groups in total. The van der Waals surface area contributed by atoms with E-state index in [2.05, 4.69) is 24.8 Å². The molecule has 0 radical (unpaired) electrons. The molecular weight excluding hydrogens is 482 g/mol. The number of aryl methyl sites for hydroxylation is 1. The first-order valence-corrected chi connectivity index (χ1v) is 12.7. The van der Waals surface area contributed by atoms with Gasteiger partial charge >= 0.3 is 0 Å². The Kier molecular flexibility index (Phi) is 7.29. The Balaban J connectivity index is 1.35. The third-order valence-electron chi connectivity index (χ3n) is 6.55. The number of nitrogens with zero attached hydrogens (tertiary/aromatic N) is 6. The minimum atomic E-state index is -0.597. The van der Waals surface area contributed by atoms with Gasteiger partial charge in [-0.1, -0.05) is 36.0 Å². The van der Waals surface area contributed by atoms with Crippen LogP contribution in [0.5, 0.6) is 0 Å². The second kappa shape index (κ2) is 10.6. The lowest BCUT2D eigenvalue weighted by atomic mass is 9.96. The van der Waals surface area contributed by atoms with Crippen molar-refractivity contribution in [1.29, 1.82) is 0 Å². The Hall–Kier alpha value is -2.92. The van der Waals surface area contributed by atoms with Crippen LogP contribution >= 0.6 is 11.8 Å². The molecule has 2 aromatic carbocycles. The monoisotopic (exact) mass is 510 g/mol. The van der Waals surface area contributed by atoms with Crippen molar-refractivity contribution in [1.82, 2.24) is 29.3 Å². The molecule has 0 bridgehead atoms. The van der Waals surface area contributed by atoms with Crippen LogP contribution < -0.4 is 0 Å². The summed E-state index contributed by atoms with van der Waals surface area (Å²) in [7, 11) is 1.89. The average molecular weight is 511 g/mol. The quantitative estimate of drug-likeness (QED) is 0.299. The zero-order valence-corrected chi connectivity index (χ0v) is 20.9. The summed E-state index contributed by atoms with van der Waals surface area (Å²) in [6.07, 6.45) is 2.64. The topological polar surface area (TPSA) is 70.3 Å². The van der Waals surface area contributed by atoms with E-state index in [1.165, 1.54) is 42.4 Å². The molecule has 2 atom stereocenters. The number of aliphatic hydroxyl groups excluding tert-OH is 1. The Morgan fingerprint density at radius 3 is 1.94 bits per heavy atom. The number of piperazine rings is 1. The first-order chi connectivity index (χ1) is 17.4. The third kappa shape index (κ3) is 5.12. The van der Waals surface area contributed by atoms with E-state index < -0.39 is 6.10 Å². The highest BCUT2D eigenvalue weighted by Gasteiger charge is 2.32. The van der Waals surface area contributed by atoms with Gasteiger partial charge in [-0.3, -0.25) is 9.80 Å². The van der Waals surface area contributed by atoms with Gasteiger partial charge in [0.15, 0.2) is 5.65 Å². The highest BCUT2D eigenvalue weighted by molar-refractivity contribution is 8.00. The summed E-state index contributed by atoms with van der Waals surface area (Å²) < 4.78 is 29.1. The standard InChI is InChI=1S/C26H28F2N6OS/c1-17(35)26(36-25-22-24(29-15-30-25)32(2)16-31-22)34-13-11-33(12-14-34)23(18-3-7-20(27)8-4-18)19-5-9-21(28)10-6-19/h3-10,15-17,23,26,35H,11-14H2,1-2H3. The Morgan fingerprint density at radius 1 is 0.833 bits per heavy atom. The molecule has 1 saturated heterocycles. The van der Waals surface area contributed by atoms with Crippen LogP contribution in [0.2, 0.25) is 0 Å². The molecule has 0 saturated carbocycles. The zero-order chi connectivity index (χ0) is 25.2. The fourth-order valence-corrected chi connectivity index (χ4v) is 5.91. The number of hydrogen-bond acceptors (Lipinski definition) is 7. The molecule has 1 aliphatic heterocycles. The fraction of sp³-hybridized carbons (Fsp3) is 0.346. The molecule has 0 aliphatic carbocycles. The molecule has 4 aromatic rings. The van der Waals surface area contributed by atoms with Gasteiger partial charge in [0.05, 0.1) is 23.8 Å². The Labute approximate surface area is 212 Å². The van der Waals surface area contributed by atoms with Crippen LogP contribution in [0.4, 0.5) is 8.78 Å². The molecule has 2 aromatic heterocycles. The van der Waals surface area contributed by atoms with Gasteiger partial charge in [-0.25, -0.2) is 23.7 Å². The van der Waals surface area contributed by atoms with Crippen molar-refractivity contribution in [3.8, 4) is 0 Å². The summed E-state index contributed by atoms with van der Waals surface area (Å²) in [6, 6.07) is 12.9. The molecule has 7 nitrogen and oxygen atoms in total. The Morgan fingerprint density at radius 2 is 1.39 bits per heavy atom. The van der Waals surface area contributed by atoms with E-state index in [1.54, 1.807) is 37.5 Å². The number of aromatic nitrogens is 4. The molecule has 10 heteroatoms. The van der Waals surface area contributed by atoms with Gasteiger partial charge in [0.1, 0.15) is 28.5 Å². The van der Waals surface area contributed by atoms with Crippen molar-refractivity contribution >= 4 is 22.9 Å². The van der Waals surface area contributed by atoms with Crippen molar-refractivity contribution in [2.24, 2.45) is 7.05 Å². The summed E-state index contributed by atoms with van der Waals surface area (Å²) in [5.41, 5.74) is 3.39. The van der Waals surface area contributed by atoms with Gasteiger partial charge in [-0.2, -0.15) is 0 Å². The molecule has 188 valence electrons. The highest BCUT2D eigenvalue weighted by Crippen LogP contribution is 2.34. The van der Waals surface area contributed by atoms with Gasteiger partial charge in [0.2, 0.25) is 0 Å². The van der Waals surface area contributed by atoms with Crippen molar-refractivity contribution in [3.05, 3.63) is 83.9 Å². The molecule has 1 fully saturated rings. The predicted octanol–water partition coefficient (Wildman–Crippen LogP) is 3.85. The molecule has 36 heavy (non-hydrogen) atoms. The average Bonchev–Trinajstić information content (AvgIpc) is 3.27. The number of fused-ring (bicyclic) bond motifs is 1. The summed E-state index contributed by atoms with van der Waals surface area (Å²) in [5, 5.41) is 11.2. The van der Waals surface area contributed by atoms with Gasteiger partial charge in [0, 0.05) is 33.2 Å². The van der Waals surface area contributed by atoms with E-state index in [-0.39, 0.29) is 23.1 Å². The van der Waals surface area contributed by atoms with Crippen LogP contribution in [0.25, 0.3) is 11.2 Å². The van der Waals surface area contributed by atoms with E-state index in [9.17, 15) is 13.9 Å². The molecule has 0 amide bonds. The molecule has 3 heterocycles. The number of hydrogen-bond donors (Lipinski definition) is 1. The predicted molar refractivity (Wildman–Crippen MR) is 135 cm³/mol. The normalized spacial score (nSPS) is 17.1. The summed E-state index contributed by atoms with van der Waals surface area (Å²) in [4.78, 5) is 17.8. The zero-order valence-electron chi connectivity index (χ0n) is 20.1.